The Bertz CT molecular complexity index is 451. The second-order valence-electron chi connectivity index (χ2n) is 5.03. The van der Waals surface area contributed by atoms with Crippen molar-refractivity contribution in [2.75, 3.05) is 0 Å². The van der Waals surface area contributed by atoms with Gasteiger partial charge in [-0.2, -0.15) is 0 Å². The number of nitro groups is 1. The number of hydrogen-bond donors (Lipinski definition) is 1. The number of nitro benzene ring substituents is 1. The van der Waals surface area contributed by atoms with E-state index >= 15 is 0 Å². The summed E-state index contributed by atoms with van der Waals surface area (Å²) in [5, 5.41) is 10.7. The predicted octanol–water partition coefficient (Wildman–Crippen LogP) is 4.20. The van der Waals surface area contributed by atoms with Crippen molar-refractivity contribution in [3.8, 4) is 0 Å². The van der Waals surface area contributed by atoms with Crippen LogP contribution in [0.2, 0.25) is 0 Å². The largest absolute Gasteiger partial charge is 0.325 e. The third-order valence-electron chi connectivity index (χ3n) is 3.52. The van der Waals surface area contributed by atoms with Gasteiger partial charge in [0, 0.05) is 22.1 Å². The number of halogens is 1. The first-order chi connectivity index (χ1) is 8.91. The Balaban J connectivity index is 2.88. The molecular weight excluding hydrogens is 308 g/mol. The Morgan fingerprint density at radius 3 is 2.58 bits per heavy atom. The predicted molar refractivity (Wildman–Crippen MR) is 81.2 cm³/mol. The van der Waals surface area contributed by atoms with Crippen molar-refractivity contribution in [2.24, 2.45) is 5.73 Å². The van der Waals surface area contributed by atoms with Gasteiger partial charge < -0.3 is 5.73 Å². The van der Waals surface area contributed by atoms with Crippen LogP contribution in [0.1, 0.15) is 45.1 Å². The van der Waals surface area contributed by atoms with E-state index in [2.05, 4.69) is 29.8 Å². The van der Waals surface area contributed by atoms with Gasteiger partial charge >= 0.3 is 0 Å². The number of nitrogens with zero attached hydrogens (tertiary/aromatic N) is 1. The summed E-state index contributed by atoms with van der Waals surface area (Å²) in [6.07, 6.45) is 4.84. The summed E-state index contributed by atoms with van der Waals surface area (Å²) in [5.41, 5.74) is 7.33. The molecule has 1 aromatic rings. The third kappa shape index (κ3) is 4.58. The molecule has 5 heteroatoms. The third-order valence-corrected chi connectivity index (χ3v) is 4.26. The van der Waals surface area contributed by atoms with Gasteiger partial charge in [-0.3, -0.25) is 10.1 Å². The van der Waals surface area contributed by atoms with E-state index in [4.69, 9.17) is 5.73 Å². The fraction of sp³-hybridized carbons (Fsp3) is 0.571. The van der Waals surface area contributed by atoms with Crippen molar-refractivity contribution >= 4 is 21.6 Å². The minimum absolute atomic E-state index is 0.100. The molecule has 0 bridgehead atoms. The zero-order chi connectivity index (χ0) is 14.5. The van der Waals surface area contributed by atoms with Crippen LogP contribution in [0, 0.1) is 10.1 Å². The summed E-state index contributed by atoms with van der Waals surface area (Å²) < 4.78 is 0.765. The van der Waals surface area contributed by atoms with Gasteiger partial charge in [-0.25, -0.2) is 0 Å². The molecule has 2 N–H and O–H groups in total. The Morgan fingerprint density at radius 1 is 1.42 bits per heavy atom. The van der Waals surface area contributed by atoms with Crippen LogP contribution in [0.25, 0.3) is 0 Å². The average Bonchev–Trinajstić information content (AvgIpc) is 2.38. The molecule has 1 unspecified atom stereocenters. The van der Waals surface area contributed by atoms with Crippen LogP contribution >= 0.6 is 15.9 Å². The van der Waals surface area contributed by atoms with E-state index in [1.807, 2.05) is 0 Å². The van der Waals surface area contributed by atoms with E-state index in [9.17, 15) is 10.1 Å². The lowest BCUT2D eigenvalue weighted by Crippen LogP contribution is -2.41. The van der Waals surface area contributed by atoms with Crippen LogP contribution in [0.3, 0.4) is 0 Å². The van der Waals surface area contributed by atoms with Gasteiger partial charge in [0.15, 0.2) is 0 Å². The summed E-state index contributed by atoms with van der Waals surface area (Å²) >= 11 is 3.41. The fourth-order valence-electron chi connectivity index (χ4n) is 2.09. The number of hydrogen-bond acceptors (Lipinski definition) is 3. The van der Waals surface area contributed by atoms with E-state index < -0.39 is 0 Å². The maximum Gasteiger partial charge on any atom is 0.270 e. The second-order valence-corrected chi connectivity index (χ2v) is 5.88. The normalized spacial score (nSPS) is 14.1. The molecule has 0 radical (unpaired) electrons. The lowest BCUT2D eigenvalue weighted by molar-refractivity contribution is -0.384. The minimum Gasteiger partial charge on any atom is -0.325 e. The van der Waals surface area contributed by atoms with Crippen molar-refractivity contribution in [1.29, 1.82) is 0 Å². The van der Waals surface area contributed by atoms with Gasteiger partial charge in [-0.1, -0.05) is 48.7 Å². The Labute approximate surface area is 122 Å². The molecule has 4 nitrogen and oxygen atoms in total. The average molecular weight is 329 g/mol. The van der Waals surface area contributed by atoms with Crippen LogP contribution in [0.4, 0.5) is 5.69 Å². The molecule has 0 aliphatic carbocycles. The molecule has 1 rings (SSSR count). The molecule has 0 saturated heterocycles. The highest BCUT2D eigenvalue weighted by Gasteiger charge is 2.24. The minimum atomic E-state index is -0.388. The topological polar surface area (TPSA) is 69.2 Å². The number of unbranched alkanes of at least 4 members (excludes halogenated alkanes) is 1. The number of nitrogens with two attached hydrogens (primary N) is 1. The van der Waals surface area contributed by atoms with E-state index in [-0.39, 0.29) is 16.1 Å². The lowest BCUT2D eigenvalue weighted by atomic mass is 9.84. The van der Waals surface area contributed by atoms with Gasteiger partial charge in [0.1, 0.15) is 0 Å². The summed E-state index contributed by atoms with van der Waals surface area (Å²) in [4.78, 5) is 10.3. The molecule has 0 saturated carbocycles. The Hall–Kier alpha value is -0.940. The van der Waals surface area contributed by atoms with Crippen molar-refractivity contribution in [3.05, 3.63) is 38.3 Å². The molecule has 1 aromatic carbocycles. The van der Waals surface area contributed by atoms with Crippen LogP contribution in [0.15, 0.2) is 22.7 Å². The van der Waals surface area contributed by atoms with Crippen LogP contribution in [0.5, 0.6) is 0 Å². The molecule has 0 aromatic heterocycles. The van der Waals surface area contributed by atoms with Crippen LogP contribution in [-0.4, -0.2) is 10.5 Å². The van der Waals surface area contributed by atoms with E-state index in [0.717, 1.165) is 42.1 Å². The molecule has 106 valence electrons. The Morgan fingerprint density at radius 2 is 2.11 bits per heavy atom. The van der Waals surface area contributed by atoms with Gasteiger partial charge in [-0.05, 0) is 24.8 Å². The first-order valence-electron chi connectivity index (χ1n) is 6.63. The highest BCUT2D eigenvalue weighted by Crippen LogP contribution is 2.28. The van der Waals surface area contributed by atoms with E-state index in [0.29, 0.717) is 0 Å². The van der Waals surface area contributed by atoms with Gasteiger partial charge in [0.25, 0.3) is 5.69 Å². The quantitative estimate of drug-likeness (QED) is 0.602. The number of non-ortho nitro benzene ring substituents is 1. The van der Waals surface area contributed by atoms with E-state index in [1.165, 1.54) is 6.07 Å². The maximum absolute atomic E-state index is 10.7. The number of benzene rings is 1. The zero-order valence-electron chi connectivity index (χ0n) is 11.5. The molecule has 0 heterocycles. The molecule has 1 atom stereocenters. The molecular formula is C14H21BrN2O2. The molecule has 0 spiro atoms. The molecule has 0 aliphatic heterocycles. The highest BCUT2D eigenvalue weighted by atomic mass is 79.9. The smallest absolute Gasteiger partial charge is 0.270 e. The zero-order valence-corrected chi connectivity index (χ0v) is 13.1. The van der Waals surface area contributed by atoms with Gasteiger partial charge in [-0.15, -0.1) is 0 Å². The van der Waals surface area contributed by atoms with E-state index in [1.54, 1.807) is 12.1 Å². The monoisotopic (exact) mass is 328 g/mol. The van der Waals surface area contributed by atoms with Gasteiger partial charge in [0.2, 0.25) is 0 Å². The standard InChI is InChI=1S/C14H21BrN2O2/c1-3-5-8-14(16,4-2)10-11-6-7-12(17(18)19)9-13(11)15/h6-7,9H,3-5,8,10,16H2,1-2H3. The first-order valence-corrected chi connectivity index (χ1v) is 7.43. The fourth-order valence-corrected chi connectivity index (χ4v) is 2.60. The van der Waals surface area contributed by atoms with Crippen LogP contribution in [-0.2, 0) is 6.42 Å². The molecule has 0 fully saturated rings. The maximum atomic E-state index is 10.7. The second kappa shape index (κ2) is 7.01. The highest BCUT2D eigenvalue weighted by molar-refractivity contribution is 9.10. The molecule has 19 heavy (non-hydrogen) atoms. The summed E-state index contributed by atoms with van der Waals surface area (Å²) in [6.45, 7) is 4.24. The van der Waals surface area contributed by atoms with Crippen molar-refractivity contribution in [3.63, 3.8) is 0 Å². The first kappa shape index (κ1) is 16.1. The molecule has 0 amide bonds. The summed E-state index contributed by atoms with van der Waals surface area (Å²) in [7, 11) is 0. The number of rotatable bonds is 7. The van der Waals surface area contributed by atoms with Gasteiger partial charge in [0.05, 0.1) is 4.92 Å². The summed E-state index contributed by atoms with van der Waals surface area (Å²) in [6, 6.07) is 4.88. The van der Waals surface area contributed by atoms with Crippen molar-refractivity contribution in [1.82, 2.24) is 0 Å². The van der Waals surface area contributed by atoms with Crippen molar-refractivity contribution < 1.29 is 4.92 Å². The lowest BCUT2D eigenvalue weighted by Gasteiger charge is -2.28. The van der Waals surface area contributed by atoms with Crippen molar-refractivity contribution in [2.45, 2.75) is 51.5 Å². The Kier molecular flexibility index (Phi) is 5.94. The molecule has 0 aliphatic rings. The summed E-state index contributed by atoms with van der Waals surface area (Å²) in [5.74, 6) is 0. The SMILES string of the molecule is CCCCC(N)(CC)Cc1ccc([N+](=O)[O-])cc1Br. The van der Waals surface area contributed by atoms with Crippen LogP contribution < -0.4 is 5.73 Å².